The third kappa shape index (κ3) is 5.25. The highest BCUT2D eigenvalue weighted by Crippen LogP contribution is 2.36. The van der Waals surface area contributed by atoms with Crippen LogP contribution in [0.2, 0.25) is 5.02 Å². The monoisotopic (exact) mass is 461 g/mol. The van der Waals surface area contributed by atoms with Gasteiger partial charge in [0, 0.05) is 22.0 Å². The van der Waals surface area contributed by atoms with E-state index in [1.807, 2.05) is 37.3 Å². The molecule has 0 saturated carbocycles. The van der Waals surface area contributed by atoms with E-state index in [2.05, 4.69) is 9.24 Å². The third-order valence-electron chi connectivity index (χ3n) is 4.67. The van der Waals surface area contributed by atoms with Gasteiger partial charge in [-0.1, -0.05) is 29.8 Å². The van der Waals surface area contributed by atoms with Gasteiger partial charge in [-0.15, -0.1) is 9.24 Å². The van der Waals surface area contributed by atoms with Gasteiger partial charge in [0.15, 0.2) is 0 Å². The lowest BCUT2D eigenvalue weighted by atomic mass is 10.0. The number of halogens is 2. The first-order chi connectivity index (χ1) is 14.3. The number of carbonyl (C=O) groups is 1. The molecule has 4 nitrogen and oxygen atoms in total. The molecule has 3 aromatic carbocycles. The Morgan fingerprint density at radius 3 is 2.63 bits per heavy atom. The molecule has 3 rings (SSSR count). The van der Waals surface area contributed by atoms with Crippen molar-refractivity contribution in [2.75, 3.05) is 16.6 Å². The van der Waals surface area contributed by atoms with Crippen LogP contribution in [0.1, 0.15) is 16.7 Å². The zero-order chi connectivity index (χ0) is 21.8. The lowest BCUT2D eigenvalue weighted by Gasteiger charge is -2.26. The standard InChI is InChI=1S/C22H22ClFN3OPS/c1-13-18(25)5-3-7-21(13)30-27(12-22(26)28)19-9-8-15(23)10-14(19)11-16-17(24)4-2-6-20(16)29/h2-10H,11-12,25,29H2,1H3,(H2,26,28). The van der Waals surface area contributed by atoms with Crippen LogP contribution in [-0.2, 0) is 11.2 Å². The Morgan fingerprint density at radius 2 is 1.93 bits per heavy atom. The Kier molecular flexibility index (Phi) is 7.24. The molecular weight excluding hydrogens is 440 g/mol. The van der Waals surface area contributed by atoms with Crippen LogP contribution in [0.4, 0.5) is 15.8 Å². The van der Waals surface area contributed by atoms with E-state index in [-0.39, 0.29) is 12.4 Å². The van der Waals surface area contributed by atoms with E-state index in [0.717, 1.165) is 27.0 Å². The quantitative estimate of drug-likeness (QED) is 0.309. The van der Waals surface area contributed by atoms with Crippen LogP contribution in [0.3, 0.4) is 0 Å². The van der Waals surface area contributed by atoms with Crippen molar-refractivity contribution in [3.63, 3.8) is 0 Å². The molecule has 30 heavy (non-hydrogen) atoms. The molecule has 0 aromatic heterocycles. The number of rotatable bonds is 7. The Morgan fingerprint density at radius 1 is 1.20 bits per heavy atom. The molecule has 4 N–H and O–H groups in total. The van der Waals surface area contributed by atoms with Crippen molar-refractivity contribution in [2.45, 2.75) is 18.2 Å². The molecule has 0 radical (unpaired) electrons. The zero-order valence-electron chi connectivity index (χ0n) is 16.4. The Hall–Kier alpha value is -2.27. The van der Waals surface area contributed by atoms with E-state index in [4.69, 9.17) is 23.1 Å². The third-order valence-corrected chi connectivity index (χ3v) is 6.63. The molecule has 1 amide bonds. The average Bonchev–Trinajstić information content (AvgIpc) is 2.68. The van der Waals surface area contributed by atoms with Crippen LogP contribution < -0.4 is 21.1 Å². The highest BCUT2D eigenvalue weighted by molar-refractivity contribution is 8.00. The molecule has 0 spiro atoms. The van der Waals surface area contributed by atoms with Gasteiger partial charge in [0.1, 0.15) is 12.4 Å². The number of nitrogens with zero attached hydrogens (tertiary/aromatic N) is 1. The molecule has 156 valence electrons. The van der Waals surface area contributed by atoms with Gasteiger partial charge in [-0.3, -0.25) is 4.79 Å². The molecular formula is C22H22ClFN3OPS. The summed E-state index contributed by atoms with van der Waals surface area (Å²) in [7, 11) is 2.56. The second kappa shape index (κ2) is 9.69. The molecule has 1 unspecified atom stereocenters. The highest BCUT2D eigenvalue weighted by Gasteiger charge is 2.19. The summed E-state index contributed by atoms with van der Waals surface area (Å²) in [5, 5.41) is 1.29. The second-order valence-corrected chi connectivity index (χ2v) is 8.94. The first kappa shape index (κ1) is 22.4. The van der Waals surface area contributed by atoms with Crippen molar-refractivity contribution < 1.29 is 9.18 Å². The normalized spacial score (nSPS) is 10.8. The van der Waals surface area contributed by atoms with Crippen molar-refractivity contribution in [3.05, 3.63) is 82.1 Å². The number of hydrogen-bond acceptors (Lipinski definition) is 4. The van der Waals surface area contributed by atoms with Crippen LogP contribution in [0.5, 0.6) is 0 Å². The maximum atomic E-state index is 14.5. The maximum Gasteiger partial charge on any atom is 0.238 e. The highest BCUT2D eigenvalue weighted by atomic mass is 35.5. The van der Waals surface area contributed by atoms with Crippen molar-refractivity contribution in [3.8, 4) is 0 Å². The minimum atomic E-state index is -0.484. The van der Waals surface area contributed by atoms with Gasteiger partial charge >= 0.3 is 0 Å². The fraction of sp³-hybridized carbons (Fsp3) is 0.136. The number of benzene rings is 3. The summed E-state index contributed by atoms with van der Waals surface area (Å²) < 4.78 is 16.3. The van der Waals surface area contributed by atoms with Crippen LogP contribution in [0, 0.1) is 12.7 Å². The number of anilines is 2. The van der Waals surface area contributed by atoms with Gasteiger partial charge in [0.2, 0.25) is 5.91 Å². The Bertz CT molecular complexity index is 1080. The molecule has 0 heterocycles. The number of nitrogens with two attached hydrogens (primary N) is 2. The van der Waals surface area contributed by atoms with Gasteiger partial charge in [-0.05, 0) is 77.3 Å². The van der Waals surface area contributed by atoms with Crippen LogP contribution in [0.25, 0.3) is 0 Å². The lowest BCUT2D eigenvalue weighted by molar-refractivity contribution is -0.116. The number of amides is 1. The first-order valence-corrected chi connectivity index (χ1v) is 10.9. The van der Waals surface area contributed by atoms with Gasteiger partial charge in [0.25, 0.3) is 0 Å². The summed E-state index contributed by atoms with van der Waals surface area (Å²) in [6.45, 7) is 1.89. The van der Waals surface area contributed by atoms with Crippen molar-refractivity contribution in [1.82, 2.24) is 0 Å². The fourth-order valence-electron chi connectivity index (χ4n) is 3.05. The SMILES string of the molecule is Cc1c(N)cccc1SN(CC(N)=O)c1ccc(Cl)cc1Cc1c(F)cccc1P. The first-order valence-electron chi connectivity index (χ1n) is 9.16. The summed E-state index contributed by atoms with van der Waals surface area (Å²) in [6.07, 6.45) is 0.313. The minimum absolute atomic E-state index is 0.0292. The molecule has 0 saturated heterocycles. The van der Waals surface area contributed by atoms with Gasteiger partial charge in [0.05, 0.1) is 5.69 Å². The number of carbonyl (C=O) groups excluding carboxylic acids is 1. The Balaban J connectivity index is 2.05. The van der Waals surface area contributed by atoms with Gasteiger partial charge < -0.3 is 15.8 Å². The zero-order valence-corrected chi connectivity index (χ0v) is 19.1. The summed E-state index contributed by atoms with van der Waals surface area (Å²) in [4.78, 5) is 12.7. The number of hydrogen-bond donors (Lipinski definition) is 2. The second-order valence-electron chi connectivity index (χ2n) is 6.82. The summed E-state index contributed by atoms with van der Waals surface area (Å²) in [5.41, 5.74) is 15.2. The molecule has 0 bridgehead atoms. The van der Waals surface area contributed by atoms with E-state index in [0.29, 0.717) is 22.7 Å². The molecule has 8 heteroatoms. The topological polar surface area (TPSA) is 72.3 Å². The number of nitrogen functional groups attached to an aromatic ring is 1. The fourth-order valence-corrected chi connectivity index (χ4v) is 4.69. The van der Waals surface area contributed by atoms with E-state index in [1.54, 1.807) is 22.5 Å². The van der Waals surface area contributed by atoms with Crippen LogP contribution in [0.15, 0.2) is 59.5 Å². The van der Waals surface area contributed by atoms with E-state index < -0.39 is 5.91 Å². The van der Waals surface area contributed by atoms with Crippen molar-refractivity contribution >= 4 is 55.4 Å². The summed E-state index contributed by atoms with van der Waals surface area (Å²) >= 11 is 7.61. The van der Waals surface area contributed by atoms with Crippen LogP contribution in [-0.4, -0.2) is 12.5 Å². The van der Waals surface area contributed by atoms with Crippen molar-refractivity contribution in [1.29, 1.82) is 0 Å². The number of primary amides is 1. The molecule has 0 aliphatic rings. The predicted octanol–water partition coefficient (Wildman–Crippen LogP) is 4.46. The van der Waals surface area contributed by atoms with Crippen molar-refractivity contribution in [2.24, 2.45) is 5.73 Å². The largest absolute Gasteiger partial charge is 0.398 e. The molecule has 0 fully saturated rings. The molecule has 1 atom stereocenters. The van der Waals surface area contributed by atoms with E-state index in [1.165, 1.54) is 18.0 Å². The summed E-state index contributed by atoms with van der Waals surface area (Å²) in [6, 6.07) is 15.9. The predicted molar refractivity (Wildman–Crippen MR) is 128 cm³/mol. The average molecular weight is 462 g/mol. The van der Waals surface area contributed by atoms with Gasteiger partial charge in [-0.2, -0.15) is 0 Å². The van der Waals surface area contributed by atoms with E-state index in [9.17, 15) is 9.18 Å². The lowest BCUT2D eigenvalue weighted by Crippen LogP contribution is -2.29. The minimum Gasteiger partial charge on any atom is -0.398 e. The summed E-state index contributed by atoms with van der Waals surface area (Å²) in [5.74, 6) is -0.781. The van der Waals surface area contributed by atoms with E-state index >= 15 is 0 Å². The van der Waals surface area contributed by atoms with Gasteiger partial charge in [-0.25, -0.2) is 4.39 Å². The Labute approximate surface area is 187 Å². The molecule has 3 aromatic rings. The maximum absolute atomic E-state index is 14.5. The smallest absolute Gasteiger partial charge is 0.238 e. The van der Waals surface area contributed by atoms with Crippen LogP contribution >= 0.6 is 32.8 Å². The molecule has 0 aliphatic heterocycles. The molecule has 0 aliphatic carbocycles.